The van der Waals surface area contributed by atoms with Gasteiger partial charge in [-0.2, -0.15) is 0 Å². The highest BCUT2D eigenvalue weighted by atomic mass is 16.5. The molecule has 6 heteroatoms. The first-order chi connectivity index (χ1) is 10.1. The molecule has 6 nitrogen and oxygen atoms in total. The number of aromatic nitrogens is 1. The molecule has 0 aliphatic heterocycles. The number of ether oxygens (including phenoxy) is 1. The Labute approximate surface area is 122 Å². The molecule has 2 aromatic rings. The van der Waals surface area contributed by atoms with Gasteiger partial charge in [0.1, 0.15) is 5.75 Å². The van der Waals surface area contributed by atoms with Gasteiger partial charge in [0.05, 0.1) is 12.8 Å². The molecule has 2 rings (SSSR count). The van der Waals surface area contributed by atoms with E-state index in [1.54, 1.807) is 35.2 Å². The van der Waals surface area contributed by atoms with E-state index >= 15 is 0 Å². The number of rotatable bonds is 5. The van der Waals surface area contributed by atoms with Gasteiger partial charge in [-0.25, -0.2) is 0 Å². The first kappa shape index (κ1) is 14.6. The molecule has 1 heterocycles. The molecular formula is C15H17N3O3. The van der Waals surface area contributed by atoms with Crippen LogP contribution >= 0.6 is 0 Å². The number of anilines is 2. The molecule has 0 saturated heterocycles. The summed E-state index contributed by atoms with van der Waals surface area (Å²) in [4.78, 5) is 22.9. The summed E-state index contributed by atoms with van der Waals surface area (Å²) in [6.07, 6.45) is 3.59. The zero-order valence-corrected chi connectivity index (χ0v) is 11.7. The molecule has 0 fully saturated rings. The van der Waals surface area contributed by atoms with E-state index in [0.717, 1.165) is 0 Å². The van der Waals surface area contributed by atoms with Crippen molar-refractivity contribution in [1.82, 2.24) is 4.57 Å². The molecule has 0 spiro atoms. The lowest BCUT2D eigenvalue weighted by molar-refractivity contribution is -0.116. The minimum absolute atomic E-state index is 0.0534. The average Bonchev–Trinajstić information content (AvgIpc) is 2.48. The molecular weight excluding hydrogens is 270 g/mol. The van der Waals surface area contributed by atoms with Crippen LogP contribution in [0.5, 0.6) is 5.75 Å². The average molecular weight is 287 g/mol. The standard InChI is InChI=1S/C15H17N3O3/c1-21-14-10-11(16)2-3-13(14)17-15(20)6-9-18-7-4-12(19)5-8-18/h2-5,7-8,10H,6,9,16H2,1H3,(H,17,20). The predicted molar refractivity (Wildman–Crippen MR) is 81.4 cm³/mol. The number of amides is 1. The van der Waals surface area contributed by atoms with E-state index in [9.17, 15) is 9.59 Å². The third-order valence-corrected chi connectivity index (χ3v) is 2.96. The van der Waals surface area contributed by atoms with Crippen LogP contribution in [0.1, 0.15) is 6.42 Å². The molecule has 0 aliphatic rings. The van der Waals surface area contributed by atoms with Gasteiger partial charge in [-0.1, -0.05) is 0 Å². The van der Waals surface area contributed by atoms with E-state index in [1.807, 2.05) is 0 Å². The van der Waals surface area contributed by atoms with Crippen molar-refractivity contribution in [3.8, 4) is 5.75 Å². The highest BCUT2D eigenvalue weighted by molar-refractivity contribution is 5.92. The summed E-state index contributed by atoms with van der Waals surface area (Å²) in [5, 5.41) is 2.78. The van der Waals surface area contributed by atoms with Crippen LogP contribution in [0.25, 0.3) is 0 Å². The van der Waals surface area contributed by atoms with Gasteiger partial charge in [0.25, 0.3) is 0 Å². The fourth-order valence-corrected chi connectivity index (χ4v) is 1.85. The summed E-state index contributed by atoms with van der Waals surface area (Å²) in [5.41, 5.74) is 6.75. The van der Waals surface area contributed by atoms with E-state index in [-0.39, 0.29) is 17.8 Å². The summed E-state index contributed by atoms with van der Waals surface area (Å²) in [6.45, 7) is 0.489. The van der Waals surface area contributed by atoms with Gasteiger partial charge in [-0.15, -0.1) is 0 Å². The molecule has 0 aliphatic carbocycles. The van der Waals surface area contributed by atoms with Gasteiger partial charge in [0, 0.05) is 49.2 Å². The topological polar surface area (TPSA) is 86.3 Å². The highest BCUT2D eigenvalue weighted by Gasteiger charge is 2.07. The Morgan fingerprint density at radius 2 is 2.00 bits per heavy atom. The molecule has 1 aromatic heterocycles. The lowest BCUT2D eigenvalue weighted by Gasteiger charge is -2.11. The molecule has 0 bridgehead atoms. The number of nitrogen functional groups attached to an aromatic ring is 1. The quantitative estimate of drug-likeness (QED) is 0.815. The van der Waals surface area contributed by atoms with Gasteiger partial charge in [-0.3, -0.25) is 9.59 Å². The summed E-state index contributed by atoms with van der Waals surface area (Å²) >= 11 is 0. The number of nitrogens with one attached hydrogen (secondary N) is 1. The van der Waals surface area contributed by atoms with Crippen molar-refractivity contribution in [2.24, 2.45) is 0 Å². The second kappa shape index (κ2) is 6.60. The Morgan fingerprint density at radius 3 is 2.67 bits per heavy atom. The molecule has 0 unspecified atom stereocenters. The second-order valence-electron chi connectivity index (χ2n) is 4.53. The van der Waals surface area contributed by atoms with E-state index in [4.69, 9.17) is 10.5 Å². The van der Waals surface area contributed by atoms with Gasteiger partial charge >= 0.3 is 0 Å². The third kappa shape index (κ3) is 4.10. The van der Waals surface area contributed by atoms with Crippen LogP contribution in [-0.2, 0) is 11.3 Å². The maximum atomic E-state index is 11.9. The minimum atomic E-state index is -0.142. The van der Waals surface area contributed by atoms with Crippen molar-refractivity contribution in [2.75, 3.05) is 18.2 Å². The maximum Gasteiger partial charge on any atom is 0.226 e. The first-order valence-corrected chi connectivity index (χ1v) is 6.48. The Hall–Kier alpha value is -2.76. The van der Waals surface area contributed by atoms with Crippen molar-refractivity contribution in [3.63, 3.8) is 0 Å². The number of aryl methyl sites for hydroxylation is 1. The smallest absolute Gasteiger partial charge is 0.226 e. The lowest BCUT2D eigenvalue weighted by Crippen LogP contribution is -2.15. The largest absolute Gasteiger partial charge is 0.494 e. The van der Waals surface area contributed by atoms with Crippen LogP contribution in [-0.4, -0.2) is 17.6 Å². The van der Waals surface area contributed by atoms with Crippen molar-refractivity contribution < 1.29 is 9.53 Å². The Bertz CT molecular complexity index is 674. The molecule has 3 N–H and O–H groups in total. The third-order valence-electron chi connectivity index (χ3n) is 2.96. The number of carbonyl (C=O) groups excluding carboxylic acids is 1. The highest BCUT2D eigenvalue weighted by Crippen LogP contribution is 2.26. The number of hydrogen-bond donors (Lipinski definition) is 2. The first-order valence-electron chi connectivity index (χ1n) is 6.48. The fraction of sp³-hybridized carbons (Fsp3) is 0.200. The number of nitrogens with zero attached hydrogens (tertiary/aromatic N) is 1. The molecule has 110 valence electrons. The van der Waals surface area contributed by atoms with Crippen LogP contribution in [0.4, 0.5) is 11.4 Å². The lowest BCUT2D eigenvalue weighted by atomic mass is 10.2. The summed E-state index contributed by atoms with van der Waals surface area (Å²) < 4.78 is 6.95. The molecule has 1 amide bonds. The zero-order chi connectivity index (χ0) is 15.2. The molecule has 0 saturated carbocycles. The molecule has 0 radical (unpaired) electrons. The van der Waals surface area contributed by atoms with E-state index in [1.165, 1.54) is 19.2 Å². The van der Waals surface area contributed by atoms with Crippen LogP contribution < -0.4 is 21.2 Å². The number of pyridine rings is 1. The number of methoxy groups -OCH3 is 1. The van der Waals surface area contributed by atoms with E-state index in [2.05, 4.69) is 5.32 Å². The Morgan fingerprint density at radius 1 is 1.29 bits per heavy atom. The Balaban J connectivity index is 1.95. The van der Waals surface area contributed by atoms with E-state index < -0.39 is 0 Å². The minimum Gasteiger partial charge on any atom is -0.494 e. The number of benzene rings is 1. The molecule has 1 aromatic carbocycles. The number of hydrogen-bond acceptors (Lipinski definition) is 4. The summed E-state index contributed by atoms with van der Waals surface area (Å²) in [7, 11) is 1.52. The van der Waals surface area contributed by atoms with Crippen LogP contribution in [0.15, 0.2) is 47.5 Å². The van der Waals surface area contributed by atoms with Gasteiger partial charge in [0.2, 0.25) is 5.91 Å². The van der Waals surface area contributed by atoms with Crippen molar-refractivity contribution in [2.45, 2.75) is 13.0 Å². The number of carbonyl (C=O) groups is 1. The van der Waals surface area contributed by atoms with Crippen LogP contribution in [0.3, 0.4) is 0 Å². The van der Waals surface area contributed by atoms with Crippen molar-refractivity contribution >= 4 is 17.3 Å². The van der Waals surface area contributed by atoms with Crippen LogP contribution in [0.2, 0.25) is 0 Å². The van der Waals surface area contributed by atoms with Crippen LogP contribution in [0, 0.1) is 0 Å². The SMILES string of the molecule is COc1cc(N)ccc1NC(=O)CCn1ccc(=O)cc1. The van der Waals surface area contributed by atoms with E-state index in [0.29, 0.717) is 23.7 Å². The maximum absolute atomic E-state index is 11.9. The van der Waals surface area contributed by atoms with Gasteiger partial charge < -0.3 is 20.4 Å². The summed E-state index contributed by atoms with van der Waals surface area (Å²) in [6, 6.07) is 7.96. The normalized spacial score (nSPS) is 10.1. The molecule has 21 heavy (non-hydrogen) atoms. The molecule has 0 atom stereocenters. The number of nitrogens with two attached hydrogens (primary N) is 1. The van der Waals surface area contributed by atoms with Gasteiger partial charge in [-0.05, 0) is 12.1 Å². The van der Waals surface area contributed by atoms with Crippen molar-refractivity contribution in [3.05, 3.63) is 52.9 Å². The van der Waals surface area contributed by atoms with Crippen molar-refractivity contribution in [1.29, 1.82) is 0 Å². The second-order valence-corrected chi connectivity index (χ2v) is 4.53. The Kier molecular flexibility index (Phi) is 4.61. The fourth-order valence-electron chi connectivity index (χ4n) is 1.85. The van der Waals surface area contributed by atoms with Gasteiger partial charge in [0.15, 0.2) is 5.43 Å². The zero-order valence-electron chi connectivity index (χ0n) is 11.7. The predicted octanol–water partition coefficient (Wildman–Crippen LogP) is 1.47. The summed E-state index contributed by atoms with van der Waals surface area (Å²) in [5.74, 6) is 0.378. The monoisotopic (exact) mass is 287 g/mol.